The molecule has 0 spiro atoms. The molecule has 0 aromatic carbocycles. The van der Waals surface area contributed by atoms with Crippen LogP contribution >= 0.6 is 0 Å². The molecule has 1 atom stereocenters. The molecule has 0 aliphatic heterocycles. The van der Waals surface area contributed by atoms with Crippen LogP contribution in [0.3, 0.4) is 0 Å². The first-order valence-corrected chi connectivity index (χ1v) is 5.68. The van der Waals surface area contributed by atoms with E-state index in [1.165, 1.54) is 25.7 Å². The molecule has 3 nitrogen and oxygen atoms in total. The van der Waals surface area contributed by atoms with Gasteiger partial charge in [-0.3, -0.25) is 9.82 Å². The van der Waals surface area contributed by atoms with Gasteiger partial charge in [-0.25, -0.2) is 0 Å². The van der Waals surface area contributed by atoms with E-state index >= 15 is 0 Å². The first kappa shape index (κ1) is 10.6. The second kappa shape index (κ2) is 5.24. The number of nitrogens with zero attached hydrogens (tertiary/aromatic N) is 1. The average molecular weight is 206 g/mol. The zero-order valence-corrected chi connectivity index (χ0v) is 9.15. The van der Waals surface area contributed by atoms with Crippen LogP contribution in [0.15, 0.2) is 24.4 Å². The molecule has 1 N–H and O–H groups in total. The van der Waals surface area contributed by atoms with Gasteiger partial charge in [-0.1, -0.05) is 18.9 Å². The van der Waals surface area contributed by atoms with Gasteiger partial charge < -0.3 is 0 Å². The predicted octanol–water partition coefficient (Wildman–Crippen LogP) is 2.61. The monoisotopic (exact) mass is 206 g/mol. The lowest BCUT2D eigenvalue weighted by molar-refractivity contribution is -0.0383. The van der Waals surface area contributed by atoms with Crippen LogP contribution in [0.2, 0.25) is 0 Å². The summed E-state index contributed by atoms with van der Waals surface area (Å²) >= 11 is 0. The van der Waals surface area contributed by atoms with Gasteiger partial charge >= 0.3 is 0 Å². The Morgan fingerprint density at radius 1 is 1.40 bits per heavy atom. The number of pyridine rings is 1. The Morgan fingerprint density at radius 3 is 2.87 bits per heavy atom. The number of hydrogen-bond acceptors (Lipinski definition) is 3. The van der Waals surface area contributed by atoms with Gasteiger partial charge in [0, 0.05) is 6.20 Å². The number of rotatable bonds is 4. The van der Waals surface area contributed by atoms with Gasteiger partial charge in [-0.2, -0.15) is 5.48 Å². The maximum Gasteiger partial charge on any atom is 0.0790 e. The number of hydroxylamine groups is 1. The fraction of sp³-hybridized carbons (Fsp3) is 0.583. The third kappa shape index (κ3) is 3.01. The van der Waals surface area contributed by atoms with E-state index in [0.29, 0.717) is 6.10 Å². The van der Waals surface area contributed by atoms with Crippen LogP contribution < -0.4 is 5.48 Å². The smallest absolute Gasteiger partial charge is 0.0790 e. The minimum atomic E-state index is 0.159. The molecule has 1 heterocycles. The highest BCUT2D eigenvalue weighted by Gasteiger charge is 2.17. The van der Waals surface area contributed by atoms with Crippen molar-refractivity contribution in [1.29, 1.82) is 0 Å². The minimum Gasteiger partial charge on any atom is -0.298 e. The van der Waals surface area contributed by atoms with Crippen molar-refractivity contribution >= 4 is 0 Å². The van der Waals surface area contributed by atoms with E-state index in [-0.39, 0.29) is 6.04 Å². The van der Waals surface area contributed by atoms with E-state index in [2.05, 4.69) is 17.4 Å². The summed E-state index contributed by atoms with van der Waals surface area (Å²) in [5.41, 5.74) is 4.10. The number of hydrogen-bond donors (Lipinski definition) is 1. The van der Waals surface area contributed by atoms with Gasteiger partial charge in [0.25, 0.3) is 0 Å². The summed E-state index contributed by atoms with van der Waals surface area (Å²) in [6.07, 6.45) is 7.16. The van der Waals surface area contributed by atoms with E-state index in [1.54, 1.807) is 0 Å². The van der Waals surface area contributed by atoms with Crippen molar-refractivity contribution in [3.05, 3.63) is 30.1 Å². The predicted molar refractivity (Wildman–Crippen MR) is 59.1 cm³/mol. The standard InChI is InChI=1S/C12H18N2O/c1-10(12-8-4-5-9-13-12)14-15-11-6-2-3-7-11/h4-5,8-11,14H,2-3,6-7H2,1H3. The second-order valence-electron chi connectivity index (χ2n) is 4.12. The molecule has 1 fully saturated rings. The Bertz CT molecular complexity index is 283. The first-order valence-electron chi connectivity index (χ1n) is 5.68. The van der Waals surface area contributed by atoms with E-state index in [9.17, 15) is 0 Å². The maximum absolute atomic E-state index is 5.63. The van der Waals surface area contributed by atoms with Gasteiger partial charge in [-0.15, -0.1) is 0 Å². The topological polar surface area (TPSA) is 34.1 Å². The molecular formula is C12H18N2O. The van der Waals surface area contributed by atoms with Gasteiger partial charge in [0.2, 0.25) is 0 Å². The van der Waals surface area contributed by atoms with Gasteiger partial charge in [0.1, 0.15) is 0 Å². The molecule has 82 valence electrons. The highest BCUT2D eigenvalue weighted by molar-refractivity contribution is 5.06. The SMILES string of the molecule is CC(NOC1CCCC1)c1ccccn1. The maximum atomic E-state index is 5.63. The molecule has 0 radical (unpaired) electrons. The fourth-order valence-corrected chi connectivity index (χ4v) is 1.90. The van der Waals surface area contributed by atoms with E-state index in [4.69, 9.17) is 4.84 Å². The summed E-state index contributed by atoms with van der Waals surface area (Å²) in [4.78, 5) is 9.91. The average Bonchev–Trinajstić information content (AvgIpc) is 2.80. The van der Waals surface area contributed by atoms with Crippen molar-refractivity contribution in [2.24, 2.45) is 0 Å². The molecule has 1 aliphatic rings. The van der Waals surface area contributed by atoms with Crippen molar-refractivity contribution in [3.63, 3.8) is 0 Å². The van der Waals surface area contributed by atoms with Crippen molar-refractivity contribution < 1.29 is 4.84 Å². The Labute approximate surface area is 90.8 Å². The van der Waals surface area contributed by atoms with Crippen molar-refractivity contribution in [2.75, 3.05) is 0 Å². The summed E-state index contributed by atoms with van der Waals surface area (Å²) in [7, 11) is 0. The van der Waals surface area contributed by atoms with E-state index in [1.807, 2.05) is 24.4 Å². The lowest BCUT2D eigenvalue weighted by atomic mass is 10.2. The highest BCUT2D eigenvalue weighted by atomic mass is 16.7. The van der Waals surface area contributed by atoms with E-state index in [0.717, 1.165) is 5.69 Å². The molecule has 0 bridgehead atoms. The third-order valence-corrected chi connectivity index (χ3v) is 2.85. The Balaban J connectivity index is 1.79. The molecule has 0 amide bonds. The summed E-state index contributed by atoms with van der Waals surface area (Å²) in [6, 6.07) is 6.09. The Hall–Kier alpha value is -0.930. The fourth-order valence-electron chi connectivity index (χ4n) is 1.90. The van der Waals surface area contributed by atoms with Crippen LogP contribution in [-0.2, 0) is 4.84 Å². The van der Waals surface area contributed by atoms with Crippen molar-refractivity contribution in [1.82, 2.24) is 10.5 Å². The van der Waals surface area contributed by atoms with E-state index < -0.39 is 0 Å². The minimum absolute atomic E-state index is 0.159. The highest BCUT2D eigenvalue weighted by Crippen LogP contribution is 2.21. The molecule has 1 unspecified atom stereocenters. The number of nitrogens with one attached hydrogen (secondary N) is 1. The molecule has 1 aromatic rings. The number of aromatic nitrogens is 1. The molecule has 0 saturated heterocycles. The molecule has 1 saturated carbocycles. The molecule has 1 aliphatic carbocycles. The lowest BCUT2D eigenvalue weighted by Crippen LogP contribution is -2.25. The quantitative estimate of drug-likeness (QED) is 0.769. The first-order chi connectivity index (χ1) is 7.36. The summed E-state index contributed by atoms with van der Waals surface area (Å²) in [5, 5.41) is 0. The summed E-state index contributed by atoms with van der Waals surface area (Å²) < 4.78 is 0. The molecule has 1 aromatic heterocycles. The summed E-state index contributed by atoms with van der Waals surface area (Å²) in [6.45, 7) is 2.07. The van der Waals surface area contributed by atoms with Crippen LogP contribution in [0.25, 0.3) is 0 Å². The van der Waals surface area contributed by atoms with Gasteiger partial charge in [0.05, 0.1) is 17.8 Å². The zero-order valence-electron chi connectivity index (χ0n) is 9.15. The van der Waals surface area contributed by atoms with Crippen LogP contribution in [0, 0.1) is 0 Å². The van der Waals surface area contributed by atoms with Gasteiger partial charge in [0.15, 0.2) is 0 Å². The van der Waals surface area contributed by atoms with Crippen LogP contribution in [0.4, 0.5) is 0 Å². The Kier molecular flexibility index (Phi) is 3.69. The Morgan fingerprint density at radius 2 is 2.20 bits per heavy atom. The molecule has 15 heavy (non-hydrogen) atoms. The molecular weight excluding hydrogens is 188 g/mol. The van der Waals surface area contributed by atoms with Crippen molar-refractivity contribution in [2.45, 2.75) is 44.8 Å². The van der Waals surface area contributed by atoms with Crippen molar-refractivity contribution in [3.8, 4) is 0 Å². The second-order valence-corrected chi connectivity index (χ2v) is 4.12. The largest absolute Gasteiger partial charge is 0.298 e. The molecule has 2 rings (SSSR count). The normalized spacial score (nSPS) is 19.3. The van der Waals surface area contributed by atoms with Gasteiger partial charge in [-0.05, 0) is 31.9 Å². The van der Waals surface area contributed by atoms with Crippen LogP contribution in [0.5, 0.6) is 0 Å². The molecule has 3 heteroatoms. The lowest BCUT2D eigenvalue weighted by Gasteiger charge is -2.16. The summed E-state index contributed by atoms with van der Waals surface area (Å²) in [5.74, 6) is 0. The third-order valence-electron chi connectivity index (χ3n) is 2.85. The van der Waals surface area contributed by atoms with Crippen LogP contribution in [-0.4, -0.2) is 11.1 Å². The zero-order chi connectivity index (χ0) is 10.5. The van der Waals surface area contributed by atoms with Crippen LogP contribution in [0.1, 0.15) is 44.3 Å².